The molecule has 1 aliphatic carbocycles. The molecule has 1 heterocycles. The molecule has 1 aromatic rings. The van der Waals surface area contributed by atoms with Gasteiger partial charge in [-0.2, -0.15) is 5.10 Å². The summed E-state index contributed by atoms with van der Waals surface area (Å²) < 4.78 is 0. The van der Waals surface area contributed by atoms with Crippen LogP contribution in [0.15, 0.2) is 6.07 Å². The third-order valence-corrected chi connectivity index (χ3v) is 2.92. The van der Waals surface area contributed by atoms with Crippen molar-refractivity contribution in [2.75, 3.05) is 11.9 Å². The molecular weight excluding hydrogens is 174 g/mol. The summed E-state index contributed by atoms with van der Waals surface area (Å²) in [5.74, 6) is 1.65. The Balaban J connectivity index is 1.96. The lowest BCUT2D eigenvalue weighted by Gasteiger charge is -2.05. The predicted molar refractivity (Wildman–Crippen MR) is 58.5 cm³/mol. The quantitative estimate of drug-likeness (QED) is 0.771. The molecule has 0 unspecified atom stereocenters. The van der Waals surface area contributed by atoms with E-state index in [1.165, 1.54) is 18.5 Å². The first-order valence-electron chi connectivity index (χ1n) is 5.40. The van der Waals surface area contributed by atoms with E-state index in [0.717, 1.165) is 12.4 Å². The molecular formula is C11H19N3. The van der Waals surface area contributed by atoms with Crippen LogP contribution in [0.2, 0.25) is 0 Å². The molecule has 1 saturated carbocycles. The molecule has 3 heteroatoms. The van der Waals surface area contributed by atoms with Gasteiger partial charge in [-0.15, -0.1) is 0 Å². The van der Waals surface area contributed by atoms with Crippen LogP contribution in [-0.2, 0) is 5.41 Å². The lowest BCUT2D eigenvalue weighted by atomic mass is 10.1. The van der Waals surface area contributed by atoms with Gasteiger partial charge in [0.15, 0.2) is 0 Å². The number of hydrogen-bond acceptors (Lipinski definition) is 2. The van der Waals surface area contributed by atoms with E-state index in [9.17, 15) is 0 Å². The summed E-state index contributed by atoms with van der Waals surface area (Å²) in [6, 6.07) is 2.15. The number of H-pyrrole nitrogens is 1. The Hall–Kier alpha value is -0.990. The zero-order valence-electron chi connectivity index (χ0n) is 9.22. The van der Waals surface area contributed by atoms with Gasteiger partial charge in [0.2, 0.25) is 0 Å². The van der Waals surface area contributed by atoms with Crippen molar-refractivity contribution >= 4 is 5.82 Å². The molecule has 1 aliphatic rings. The first-order chi connectivity index (χ1) is 6.60. The molecule has 0 spiro atoms. The second-order valence-corrected chi connectivity index (χ2v) is 5.00. The van der Waals surface area contributed by atoms with Crippen LogP contribution < -0.4 is 5.32 Å². The zero-order chi connectivity index (χ0) is 10.2. The topological polar surface area (TPSA) is 40.7 Å². The van der Waals surface area contributed by atoms with Gasteiger partial charge in [0, 0.05) is 23.7 Å². The Labute approximate surface area is 85.3 Å². The van der Waals surface area contributed by atoms with Gasteiger partial charge in [-0.05, 0) is 18.8 Å². The van der Waals surface area contributed by atoms with Gasteiger partial charge in [0.1, 0.15) is 5.82 Å². The molecule has 2 rings (SSSR count). The van der Waals surface area contributed by atoms with Crippen LogP contribution in [-0.4, -0.2) is 16.7 Å². The monoisotopic (exact) mass is 193 g/mol. The number of nitrogens with zero attached hydrogens (tertiary/aromatic N) is 1. The second-order valence-electron chi connectivity index (χ2n) is 5.00. The van der Waals surface area contributed by atoms with Crippen LogP contribution in [0.25, 0.3) is 0 Å². The standard InChI is InChI=1S/C11H19N3/c1-8(2)7-12-10-6-9(13-14-10)11(3)4-5-11/h6,8H,4-5,7H2,1-3H3,(H2,12,13,14). The van der Waals surface area contributed by atoms with Crippen molar-refractivity contribution in [3.8, 4) is 0 Å². The van der Waals surface area contributed by atoms with E-state index < -0.39 is 0 Å². The number of aromatic amines is 1. The highest BCUT2D eigenvalue weighted by atomic mass is 15.2. The van der Waals surface area contributed by atoms with Crippen molar-refractivity contribution in [1.29, 1.82) is 0 Å². The van der Waals surface area contributed by atoms with E-state index in [1.807, 2.05) is 0 Å². The van der Waals surface area contributed by atoms with E-state index in [1.54, 1.807) is 0 Å². The summed E-state index contributed by atoms with van der Waals surface area (Å²) in [4.78, 5) is 0. The van der Waals surface area contributed by atoms with Crippen LogP contribution in [0.4, 0.5) is 5.82 Å². The SMILES string of the molecule is CC(C)CNc1cc(C2(C)CC2)[nH]n1. The molecule has 0 aliphatic heterocycles. The molecule has 0 aromatic carbocycles. The van der Waals surface area contributed by atoms with Gasteiger partial charge >= 0.3 is 0 Å². The normalized spacial score (nSPS) is 18.6. The molecule has 78 valence electrons. The Morgan fingerprint density at radius 3 is 2.86 bits per heavy atom. The zero-order valence-corrected chi connectivity index (χ0v) is 9.22. The summed E-state index contributed by atoms with van der Waals surface area (Å²) in [7, 11) is 0. The fraction of sp³-hybridized carbons (Fsp3) is 0.727. The Bertz CT molecular complexity index is 310. The minimum atomic E-state index is 0.394. The van der Waals surface area contributed by atoms with E-state index in [4.69, 9.17) is 0 Å². The largest absolute Gasteiger partial charge is 0.368 e. The fourth-order valence-corrected chi connectivity index (χ4v) is 1.49. The van der Waals surface area contributed by atoms with Crippen molar-refractivity contribution < 1.29 is 0 Å². The molecule has 0 bridgehead atoms. The van der Waals surface area contributed by atoms with Crippen molar-refractivity contribution in [3.05, 3.63) is 11.8 Å². The molecule has 0 radical (unpaired) electrons. The van der Waals surface area contributed by atoms with E-state index in [2.05, 4.69) is 42.4 Å². The highest BCUT2D eigenvalue weighted by molar-refractivity contribution is 5.39. The maximum Gasteiger partial charge on any atom is 0.148 e. The molecule has 3 nitrogen and oxygen atoms in total. The number of hydrogen-bond donors (Lipinski definition) is 2. The highest BCUT2D eigenvalue weighted by Gasteiger charge is 2.40. The van der Waals surface area contributed by atoms with Gasteiger partial charge < -0.3 is 5.32 Å². The predicted octanol–water partition coefficient (Wildman–Crippen LogP) is 2.53. The van der Waals surface area contributed by atoms with Crippen LogP contribution in [0, 0.1) is 5.92 Å². The first kappa shape index (κ1) is 9.56. The lowest BCUT2D eigenvalue weighted by molar-refractivity contribution is 0.686. The Morgan fingerprint density at radius 2 is 2.29 bits per heavy atom. The number of nitrogens with one attached hydrogen (secondary N) is 2. The molecule has 0 amide bonds. The molecule has 1 aromatic heterocycles. The number of anilines is 1. The van der Waals surface area contributed by atoms with Crippen molar-refractivity contribution in [2.45, 2.75) is 39.0 Å². The second kappa shape index (κ2) is 3.30. The van der Waals surface area contributed by atoms with E-state index in [-0.39, 0.29) is 0 Å². The third kappa shape index (κ3) is 1.91. The van der Waals surface area contributed by atoms with Gasteiger partial charge in [0.25, 0.3) is 0 Å². The first-order valence-corrected chi connectivity index (χ1v) is 5.40. The van der Waals surface area contributed by atoms with Crippen LogP contribution in [0.5, 0.6) is 0 Å². The highest BCUT2D eigenvalue weighted by Crippen LogP contribution is 2.46. The Kier molecular flexibility index (Phi) is 2.25. The van der Waals surface area contributed by atoms with Gasteiger partial charge in [-0.3, -0.25) is 5.10 Å². The maximum absolute atomic E-state index is 4.26. The summed E-state index contributed by atoms with van der Waals surface area (Å²) in [6.07, 6.45) is 2.58. The maximum atomic E-state index is 4.26. The van der Waals surface area contributed by atoms with E-state index >= 15 is 0 Å². The van der Waals surface area contributed by atoms with Gasteiger partial charge in [-0.25, -0.2) is 0 Å². The van der Waals surface area contributed by atoms with Crippen molar-refractivity contribution in [1.82, 2.24) is 10.2 Å². The van der Waals surface area contributed by atoms with E-state index in [0.29, 0.717) is 11.3 Å². The van der Waals surface area contributed by atoms with Crippen LogP contribution >= 0.6 is 0 Å². The summed E-state index contributed by atoms with van der Waals surface area (Å²) in [5, 5.41) is 10.7. The minimum Gasteiger partial charge on any atom is -0.368 e. The molecule has 2 N–H and O–H groups in total. The fourth-order valence-electron chi connectivity index (χ4n) is 1.49. The molecule has 14 heavy (non-hydrogen) atoms. The van der Waals surface area contributed by atoms with Gasteiger partial charge in [0.05, 0.1) is 0 Å². The third-order valence-electron chi connectivity index (χ3n) is 2.92. The average Bonchev–Trinajstić information content (AvgIpc) is 2.70. The van der Waals surface area contributed by atoms with Crippen molar-refractivity contribution in [3.63, 3.8) is 0 Å². The molecule has 1 fully saturated rings. The average molecular weight is 193 g/mol. The smallest absolute Gasteiger partial charge is 0.148 e. The summed E-state index contributed by atoms with van der Waals surface area (Å²) in [5.41, 5.74) is 1.67. The number of rotatable bonds is 4. The van der Waals surface area contributed by atoms with Crippen molar-refractivity contribution in [2.24, 2.45) is 5.92 Å². The van der Waals surface area contributed by atoms with Crippen LogP contribution in [0.1, 0.15) is 39.3 Å². The summed E-state index contributed by atoms with van der Waals surface area (Å²) >= 11 is 0. The van der Waals surface area contributed by atoms with Gasteiger partial charge in [-0.1, -0.05) is 20.8 Å². The molecule has 0 atom stereocenters. The van der Waals surface area contributed by atoms with Crippen LogP contribution in [0.3, 0.4) is 0 Å². The number of aromatic nitrogens is 2. The summed E-state index contributed by atoms with van der Waals surface area (Å²) in [6.45, 7) is 7.67. The Morgan fingerprint density at radius 1 is 1.57 bits per heavy atom. The molecule has 0 saturated heterocycles. The lowest BCUT2D eigenvalue weighted by Crippen LogP contribution is -2.07. The minimum absolute atomic E-state index is 0.394.